The Bertz CT molecular complexity index is 101. The molecule has 1 nitrogen and oxygen atoms in total. The predicted molar refractivity (Wildman–Crippen MR) is 47.2 cm³/mol. The van der Waals surface area contributed by atoms with Crippen LogP contribution < -0.4 is 0 Å². The van der Waals surface area contributed by atoms with Crippen LogP contribution >= 0.6 is 0 Å². The van der Waals surface area contributed by atoms with Crippen LogP contribution in [0.4, 0.5) is 0 Å². The molecule has 0 atom stereocenters. The third kappa shape index (κ3) is 3.24. The minimum Gasteiger partial charge on any atom is -0.393 e. The fraction of sp³-hybridized carbons (Fsp3) is 0.900. The van der Waals surface area contributed by atoms with Gasteiger partial charge in [0.05, 0.1) is 6.10 Å². The molecule has 0 aromatic carbocycles. The normalized spacial score (nSPS) is 32.7. The Kier molecular flexibility index (Phi) is 3.38. The molecule has 0 bridgehead atoms. The van der Waals surface area contributed by atoms with Gasteiger partial charge in [0, 0.05) is 0 Å². The fourth-order valence-electron chi connectivity index (χ4n) is 1.93. The van der Waals surface area contributed by atoms with Gasteiger partial charge in [0.25, 0.3) is 0 Å². The number of rotatable bonds is 2. The molecule has 0 amide bonds. The van der Waals surface area contributed by atoms with E-state index in [4.69, 9.17) is 0 Å². The van der Waals surface area contributed by atoms with E-state index in [9.17, 15) is 5.11 Å². The van der Waals surface area contributed by atoms with Gasteiger partial charge in [0.1, 0.15) is 0 Å². The van der Waals surface area contributed by atoms with Crippen LogP contribution in [0.1, 0.15) is 46.0 Å². The van der Waals surface area contributed by atoms with E-state index in [1.165, 1.54) is 25.2 Å². The highest BCUT2D eigenvalue weighted by atomic mass is 16.3. The van der Waals surface area contributed by atoms with Crippen LogP contribution in [0, 0.1) is 11.8 Å². The van der Waals surface area contributed by atoms with Crippen molar-refractivity contribution < 1.29 is 5.11 Å². The minimum absolute atomic E-state index is 0.00316. The van der Waals surface area contributed by atoms with E-state index in [0.717, 1.165) is 18.8 Å². The van der Waals surface area contributed by atoms with Gasteiger partial charge < -0.3 is 5.11 Å². The molecule has 0 spiro atoms. The molecule has 1 N–H and O–H groups in total. The first-order valence-electron chi connectivity index (χ1n) is 4.65. The Hall–Kier alpha value is -0.0400. The standard InChI is InChI=1S/C10H19O/c1-8(2)7-9-3-5-10(11)6-4-9/h9-11H,3-7H2,1-2H3. The van der Waals surface area contributed by atoms with Crippen LogP contribution in [0.5, 0.6) is 0 Å². The molecular weight excluding hydrogens is 136 g/mol. The van der Waals surface area contributed by atoms with Crippen molar-refractivity contribution in [3.05, 3.63) is 5.92 Å². The van der Waals surface area contributed by atoms with E-state index in [2.05, 4.69) is 13.8 Å². The molecule has 1 fully saturated rings. The van der Waals surface area contributed by atoms with E-state index in [1.54, 1.807) is 0 Å². The summed E-state index contributed by atoms with van der Waals surface area (Å²) in [7, 11) is 0. The second kappa shape index (κ2) is 4.10. The van der Waals surface area contributed by atoms with Crippen molar-refractivity contribution in [1.82, 2.24) is 0 Å². The Morgan fingerprint density at radius 2 is 1.73 bits per heavy atom. The van der Waals surface area contributed by atoms with Crippen LogP contribution in [0.3, 0.4) is 0 Å². The van der Waals surface area contributed by atoms with Gasteiger partial charge >= 0.3 is 0 Å². The first kappa shape index (κ1) is 9.05. The lowest BCUT2D eigenvalue weighted by Crippen LogP contribution is -2.18. The summed E-state index contributed by atoms with van der Waals surface area (Å²) in [4.78, 5) is 0. The second-order valence-corrected chi connectivity index (χ2v) is 4.09. The highest BCUT2D eigenvalue weighted by Crippen LogP contribution is 2.29. The Labute approximate surface area is 69.8 Å². The zero-order valence-electron chi connectivity index (χ0n) is 7.64. The summed E-state index contributed by atoms with van der Waals surface area (Å²) >= 11 is 0. The molecule has 0 saturated heterocycles. The van der Waals surface area contributed by atoms with Gasteiger partial charge in [-0.25, -0.2) is 0 Å². The van der Waals surface area contributed by atoms with E-state index in [1.807, 2.05) is 0 Å². The summed E-state index contributed by atoms with van der Waals surface area (Å²) in [5.74, 6) is 2.40. The van der Waals surface area contributed by atoms with Gasteiger partial charge in [0.15, 0.2) is 0 Å². The Morgan fingerprint density at radius 3 is 2.18 bits per heavy atom. The number of aliphatic hydroxyl groups excluding tert-OH is 1. The predicted octanol–water partition coefficient (Wildman–Crippen LogP) is 2.54. The van der Waals surface area contributed by atoms with Crippen LogP contribution in [0.25, 0.3) is 0 Å². The molecule has 0 heterocycles. The molecule has 0 aromatic heterocycles. The lowest BCUT2D eigenvalue weighted by atomic mass is 9.82. The summed E-state index contributed by atoms with van der Waals surface area (Å²) in [5.41, 5.74) is 0. The number of aliphatic hydroxyl groups is 1. The second-order valence-electron chi connectivity index (χ2n) is 4.09. The van der Waals surface area contributed by atoms with E-state index in [-0.39, 0.29) is 6.10 Å². The Morgan fingerprint density at radius 1 is 1.18 bits per heavy atom. The maximum atomic E-state index is 9.25. The molecule has 0 aliphatic heterocycles. The largest absolute Gasteiger partial charge is 0.393 e. The Balaban J connectivity index is 2.17. The highest BCUT2D eigenvalue weighted by molar-refractivity contribution is 4.83. The topological polar surface area (TPSA) is 20.2 Å². The lowest BCUT2D eigenvalue weighted by molar-refractivity contribution is 0.107. The summed E-state index contributed by atoms with van der Waals surface area (Å²) < 4.78 is 0. The first-order chi connectivity index (χ1) is 5.18. The van der Waals surface area contributed by atoms with Crippen LogP contribution in [0.2, 0.25) is 0 Å². The van der Waals surface area contributed by atoms with Crippen molar-refractivity contribution >= 4 is 0 Å². The third-order valence-corrected chi connectivity index (χ3v) is 2.51. The van der Waals surface area contributed by atoms with E-state index in [0.29, 0.717) is 0 Å². The fourth-order valence-corrected chi connectivity index (χ4v) is 1.93. The SMILES string of the molecule is C[C](C)CC1CCC(O)CC1. The molecule has 1 aliphatic rings. The summed E-state index contributed by atoms with van der Waals surface area (Å²) in [6.07, 6.45) is 5.78. The molecule has 1 aliphatic carbocycles. The highest BCUT2D eigenvalue weighted by Gasteiger charge is 2.19. The van der Waals surface area contributed by atoms with Crippen molar-refractivity contribution in [3.63, 3.8) is 0 Å². The average molecular weight is 155 g/mol. The molecular formula is C10H19O. The van der Waals surface area contributed by atoms with Crippen LogP contribution in [0.15, 0.2) is 0 Å². The van der Waals surface area contributed by atoms with E-state index >= 15 is 0 Å². The summed E-state index contributed by atoms with van der Waals surface area (Å²) in [5, 5.41) is 9.25. The van der Waals surface area contributed by atoms with Crippen molar-refractivity contribution in [3.8, 4) is 0 Å². The molecule has 65 valence electrons. The van der Waals surface area contributed by atoms with Crippen molar-refractivity contribution in [2.75, 3.05) is 0 Å². The van der Waals surface area contributed by atoms with Gasteiger partial charge in [-0.1, -0.05) is 13.8 Å². The lowest BCUT2D eigenvalue weighted by Gasteiger charge is -2.26. The third-order valence-electron chi connectivity index (χ3n) is 2.51. The molecule has 1 saturated carbocycles. The van der Waals surface area contributed by atoms with Crippen LogP contribution in [-0.2, 0) is 0 Å². The van der Waals surface area contributed by atoms with E-state index < -0.39 is 0 Å². The zero-order valence-corrected chi connectivity index (χ0v) is 7.64. The minimum atomic E-state index is 0.00316. The smallest absolute Gasteiger partial charge is 0.0540 e. The molecule has 0 unspecified atom stereocenters. The van der Waals surface area contributed by atoms with Gasteiger partial charge in [-0.2, -0.15) is 0 Å². The molecule has 1 radical (unpaired) electrons. The van der Waals surface area contributed by atoms with Crippen molar-refractivity contribution in [2.24, 2.45) is 5.92 Å². The summed E-state index contributed by atoms with van der Waals surface area (Å²) in [6, 6.07) is 0. The molecule has 1 heteroatoms. The maximum Gasteiger partial charge on any atom is 0.0540 e. The number of hydrogen-bond donors (Lipinski definition) is 1. The molecule has 11 heavy (non-hydrogen) atoms. The van der Waals surface area contributed by atoms with Crippen LogP contribution in [-0.4, -0.2) is 11.2 Å². The summed E-state index contributed by atoms with van der Waals surface area (Å²) in [6.45, 7) is 4.40. The number of hydrogen-bond acceptors (Lipinski definition) is 1. The quantitative estimate of drug-likeness (QED) is 0.649. The maximum absolute atomic E-state index is 9.25. The van der Waals surface area contributed by atoms with Crippen molar-refractivity contribution in [1.29, 1.82) is 0 Å². The molecule has 1 rings (SSSR count). The average Bonchev–Trinajstić information content (AvgIpc) is 1.93. The van der Waals surface area contributed by atoms with Gasteiger partial charge in [0.2, 0.25) is 0 Å². The van der Waals surface area contributed by atoms with Gasteiger partial charge in [-0.3, -0.25) is 0 Å². The zero-order chi connectivity index (χ0) is 8.27. The van der Waals surface area contributed by atoms with Gasteiger partial charge in [-0.15, -0.1) is 0 Å². The van der Waals surface area contributed by atoms with Gasteiger partial charge in [-0.05, 0) is 43.9 Å². The first-order valence-corrected chi connectivity index (χ1v) is 4.65. The molecule has 0 aromatic rings. The monoisotopic (exact) mass is 155 g/mol. The van der Waals surface area contributed by atoms with Crippen molar-refractivity contribution in [2.45, 2.75) is 52.1 Å².